The molecule has 0 amide bonds. The van der Waals surface area contributed by atoms with Crippen molar-refractivity contribution in [2.45, 2.75) is 13.0 Å². The van der Waals surface area contributed by atoms with Crippen molar-refractivity contribution in [1.82, 2.24) is 15.1 Å². The van der Waals surface area contributed by atoms with Crippen molar-refractivity contribution in [3.05, 3.63) is 17.8 Å². The summed E-state index contributed by atoms with van der Waals surface area (Å²) in [6.45, 7) is 3.31. The van der Waals surface area contributed by atoms with Gasteiger partial charge < -0.3 is 14.9 Å². The fraction of sp³-hybridized carbons (Fsp3) is 0.667. The van der Waals surface area contributed by atoms with E-state index in [1.54, 1.807) is 0 Å². The van der Waals surface area contributed by atoms with Crippen molar-refractivity contribution >= 4 is 5.82 Å². The van der Waals surface area contributed by atoms with Crippen LogP contribution in [0.3, 0.4) is 0 Å². The molecule has 0 spiro atoms. The summed E-state index contributed by atoms with van der Waals surface area (Å²) in [6.07, 6.45) is 1.25. The van der Waals surface area contributed by atoms with Gasteiger partial charge in [-0.05, 0) is 38.1 Å². The Bertz CT molecular complexity index is 354. The van der Waals surface area contributed by atoms with Crippen molar-refractivity contribution in [2.24, 2.45) is 5.92 Å². The van der Waals surface area contributed by atoms with Crippen LogP contribution in [0.15, 0.2) is 12.1 Å². The minimum Gasteiger partial charge on any atom is -0.390 e. The lowest BCUT2D eigenvalue weighted by atomic mass is 10.1. The van der Waals surface area contributed by atoms with Crippen molar-refractivity contribution in [1.29, 1.82) is 0 Å². The highest BCUT2D eigenvalue weighted by atomic mass is 16.3. The molecule has 1 saturated heterocycles. The van der Waals surface area contributed by atoms with E-state index in [9.17, 15) is 0 Å². The van der Waals surface area contributed by atoms with Gasteiger partial charge in [0, 0.05) is 20.1 Å². The van der Waals surface area contributed by atoms with Gasteiger partial charge in [-0.15, -0.1) is 5.10 Å². The van der Waals surface area contributed by atoms with Crippen LogP contribution in [0, 0.1) is 5.92 Å². The maximum atomic E-state index is 8.90. The Hall–Kier alpha value is -1.20. The summed E-state index contributed by atoms with van der Waals surface area (Å²) in [5.41, 5.74) is 0.614. The van der Waals surface area contributed by atoms with E-state index in [2.05, 4.69) is 27.0 Å². The standard InChI is InChI=1S/C12H20N4O/c1-15-6-5-10(7-15)8-16(2)12-4-3-11(9-17)13-14-12/h3-4,10,17H,5-9H2,1-2H3. The van der Waals surface area contributed by atoms with E-state index in [1.165, 1.54) is 13.0 Å². The van der Waals surface area contributed by atoms with Gasteiger partial charge in [0.2, 0.25) is 0 Å². The molecule has 2 heterocycles. The van der Waals surface area contributed by atoms with E-state index < -0.39 is 0 Å². The van der Waals surface area contributed by atoms with E-state index in [1.807, 2.05) is 19.2 Å². The molecule has 1 fully saturated rings. The zero-order chi connectivity index (χ0) is 12.3. The van der Waals surface area contributed by atoms with Gasteiger partial charge in [-0.1, -0.05) is 0 Å². The van der Waals surface area contributed by atoms with Gasteiger partial charge in [0.1, 0.15) is 0 Å². The molecule has 1 aliphatic rings. The van der Waals surface area contributed by atoms with Gasteiger partial charge in [-0.25, -0.2) is 0 Å². The van der Waals surface area contributed by atoms with E-state index in [0.717, 1.165) is 18.9 Å². The third-order valence-electron chi connectivity index (χ3n) is 3.28. The molecule has 5 heteroatoms. The lowest BCUT2D eigenvalue weighted by Crippen LogP contribution is -2.28. The van der Waals surface area contributed by atoms with E-state index in [-0.39, 0.29) is 6.61 Å². The van der Waals surface area contributed by atoms with Crippen LogP contribution in [0.5, 0.6) is 0 Å². The first-order chi connectivity index (χ1) is 8.19. The van der Waals surface area contributed by atoms with Crippen LogP contribution >= 0.6 is 0 Å². The highest BCUT2D eigenvalue weighted by Crippen LogP contribution is 2.17. The summed E-state index contributed by atoms with van der Waals surface area (Å²) >= 11 is 0. The predicted molar refractivity (Wildman–Crippen MR) is 66.8 cm³/mol. The Balaban J connectivity index is 1.92. The molecule has 5 nitrogen and oxygen atoms in total. The quantitative estimate of drug-likeness (QED) is 0.818. The molecule has 17 heavy (non-hydrogen) atoms. The smallest absolute Gasteiger partial charge is 0.150 e. The number of hydrogen-bond donors (Lipinski definition) is 1. The van der Waals surface area contributed by atoms with Gasteiger partial charge in [-0.3, -0.25) is 0 Å². The van der Waals surface area contributed by atoms with Gasteiger partial charge in [-0.2, -0.15) is 5.10 Å². The predicted octanol–water partition coefficient (Wildman–Crippen LogP) is 0.357. The van der Waals surface area contributed by atoms with Gasteiger partial charge in [0.15, 0.2) is 5.82 Å². The third kappa shape index (κ3) is 3.14. The monoisotopic (exact) mass is 236 g/mol. The van der Waals surface area contributed by atoms with Crippen LogP contribution in [0.1, 0.15) is 12.1 Å². The van der Waals surface area contributed by atoms with Crippen LogP contribution in [-0.4, -0.2) is 53.9 Å². The summed E-state index contributed by atoms with van der Waals surface area (Å²) in [5.74, 6) is 1.58. The fourth-order valence-electron chi connectivity index (χ4n) is 2.30. The minimum atomic E-state index is -0.0512. The highest BCUT2D eigenvalue weighted by Gasteiger charge is 2.21. The Morgan fingerprint density at radius 3 is 2.82 bits per heavy atom. The Labute approximate surface area is 102 Å². The highest BCUT2D eigenvalue weighted by molar-refractivity contribution is 5.36. The average Bonchev–Trinajstić information content (AvgIpc) is 2.75. The molecule has 0 radical (unpaired) electrons. The second kappa shape index (κ2) is 5.42. The molecular weight excluding hydrogens is 216 g/mol. The fourth-order valence-corrected chi connectivity index (χ4v) is 2.30. The molecule has 0 bridgehead atoms. The number of likely N-dealkylation sites (tertiary alicyclic amines) is 1. The van der Waals surface area contributed by atoms with Crippen molar-refractivity contribution in [2.75, 3.05) is 38.6 Å². The number of anilines is 1. The van der Waals surface area contributed by atoms with Gasteiger partial charge in [0.05, 0.1) is 12.3 Å². The summed E-state index contributed by atoms with van der Waals surface area (Å²) in [5, 5.41) is 17.0. The molecule has 1 unspecified atom stereocenters. The molecule has 1 aromatic heterocycles. The number of aliphatic hydroxyl groups is 1. The molecule has 1 aliphatic heterocycles. The Kier molecular flexibility index (Phi) is 3.91. The molecule has 1 N–H and O–H groups in total. The van der Waals surface area contributed by atoms with Crippen LogP contribution in [-0.2, 0) is 6.61 Å². The molecule has 1 aromatic rings. The largest absolute Gasteiger partial charge is 0.390 e. The van der Waals surface area contributed by atoms with Crippen molar-refractivity contribution in [3.63, 3.8) is 0 Å². The Morgan fingerprint density at radius 1 is 1.47 bits per heavy atom. The maximum Gasteiger partial charge on any atom is 0.150 e. The molecule has 2 rings (SSSR count). The first kappa shape index (κ1) is 12.3. The number of aliphatic hydroxyl groups excluding tert-OH is 1. The molecule has 0 aromatic carbocycles. The van der Waals surface area contributed by atoms with E-state index in [4.69, 9.17) is 5.11 Å². The van der Waals surface area contributed by atoms with Crippen LogP contribution < -0.4 is 4.90 Å². The molecule has 1 atom stereocenters. The van der Waals surface area contributed by atoms with Crippen LogP contribution in [0.25, 0.3) is 0 Å². The maximum absolute atomic E-state index is 8.90. The number of nitrogens with zero attached hydrogens (tertiary/aromatic N) is 4. The molecule has 0 aliphatic carbocycles. The Morgan fingerprint density at radius 2 is 2.29 bits per heavy atom. The zero-order valence-corrected chi connectivity index (χ0v) is 10.5. The van der Waals surface area contributed by atoms with Crippen molar-refractivity contribution < 1.29 is 5.11 Å². The first-order valence-electron chi connectivity index (χ1n) is 6.02. The molecule has 0 saturated carbocycles. The lowest BCUT2D eigenvalue weighted by molar-refractivity contribution is 0.275. The topological polar surface area (TPSA) is 52.5 Å². The van der Waals surface area contributed by atoms with Gasteiger partial charge in [0.25, 0.3) is 0 Å². The second-order valence-electron chi connectivity index (χ2n) is 4.84. The van der Waals surface area contributed by atoms with E-state index in [0.29, 0.717) is 11.6 Å². The summed E-state index contributed by atoms with van der Waals surface area (Å²) in [4.78, 5) is 4.50. The van der Waals surface area contributed by atoms with Gasteiger partial charge >= 0.3 is 0 Å². The number of aromatic nitrogens is 2. The van der Waals surface area contributed by atoms with E-state index >= 15 is 0 Å². The lowest BCUT2D eigenvalue weighted by Gasteiger charge is -2.21. The normalized spacial score (nSPS) is 20.8. The van der Waals surface area contributed by atoms with Crippen LogP contribution in [0.2, 0.25) is 0 Å². The summed E-state index contributed by atoms with van der Waals surface area (Å²) < 4.78 is 0. The molecule has 94 valence electrons. The van der Waals surface area contributed by atoms with Crippen molar-refractivity contribution in [3.8, 4) is 0 Å². The number of hydrogen-bond acceptors (Lipinski definition) is 5. The SMILES string of the molecule is CN1CCC(CN(C)c2ccc(CO)nn2)C1. The zero-order valence-electron chi connectivity index (χ0n) is 10.5. The number of rotatable bonds is 4. The average molecular weight is 236 g/mol. The summed E-state index contributed by atoms with van der Waals surface area (Å²) in [6, 6.07) is 3.73. The first-order valence-corrected chi connectivity index (χ1v) is 6.02. The third-order valence-corrected chi connectivity index (χ3v) is 3.28. The minimum absolute atomic E-state index is 0.0512. The second-order valence-corrected chi connectivity index (χ2v) is 4.84. The van der Waals surface area contributed by atoms with Crippen LogP contribution in [0.4, 0.5) is 5.82 Å². The molecular formula is C12H20N4O. The summed E-state index contributed by atoms with van der Waals surface area (Å²) in [7, 11) is 4.21.